The lowest BCUT2D eigenvalue weighted by Crippen LogP contribution is -2.27. The Kier molecular flexibility index (Phi) is 4.28. The molecule has 0 aliphatic heterocycles. The third kappa shape index (κ3) is 3.10. The molecule has 0 atom stereocenters. The Balaban J connectivity index is 2.17. The van der Waals surface area contributed by atoms with Crippen molar-refractivity contribution in [2.45, 2.75) is 33.1 Å². The van der Waals surface area contributed by atoms with E-state index in [0.717, 1.165) is 29.6 Å². The van der Waals surface area contributed by atoms with Gasteiger partial charge in [-0.2, -0.15) is 0 Å². The molecule has 0 aliphatic rings. The summed E-state index contributed by atoms with van der Waals surface area (Å²) in [5.74, 6) is 2.57. The zero-order chi connectivity index (χ0) is 14.8. The minimum atomic E-state index is 0.0826. The Morgan fingerprint density at radius 2 is 1.90 bits per heavy atom. The second-order valence-electron chi connectivity index (χ2n) is 5.56. The summed E-state index contributed by atoms with van der Waals surface area (Å²) >= 11 is 1.79. The monoisotopic (exact) mass is 290 g/mol. The van der Waals surface area contributed by atoms with Crippen LogP contribution in [0.3, 0.4) is 0 Å². The highest BCUT2D eigenvalue weighted by atomic mass is 32.1. The number of rotatable bonds is 5. The summed E-state index contributed by atoms with van der Waals surface area (Å²) in [6.07, 6.45) is 0. The molecular formula is C15H22N4S. The summed E-state index contributed by atoms with van der Waals surface area (Å²) in [5, 5.41) is 8.71. The highest BCUT2D eigenvalue weighted by molar-refractivity contribution is 7.10. The summed E-state index contributed by atoms with van der Waals surface area (Å²) in [7, 11) is 1.88. The fourth-order valence-electron chi connectivity index (χ4n) is 2.10. The van der Waals surface area contributed by atoms with E-state index in [9.17, 15) is 0 Å². The predicted molar refractivity (Wildman–Crippen MR) is 86.9 cm³/mol. The molecule has 0 bridgehead atoms. The van der Waals surface area contributed by atoms with Gasteiger partial charge in [-0.1, -0.05) is 19.9 Å². The Bertz CT molecular complexity index is 576. The van der Waals surface area contributed by atoms with Crippen LogP contribution in [0.5, 0.6) is 0 Å². The van der Waals surface area contributed by atoms with Crippen LogP contribution in [0.15, 0.2) is 17.5 Å². The van der Waals surface area contributed by atoms with Gasteiger partial charge in [0, 0.05) is 29.4 Å². The smallest absolute Gasteiger partial charge is 0.134 e. The van der Waals surface area contributed by atoms with Gasteiger partial charge in [-0.3, -0.25) is 0 Å². The van der Waals surface area contributed by atoms with Gasteiger partial charge in [0.2, 0.25) is 0 Å². The maximum atomic E-state index is 4.51. The maximum absolute atomic E-state index is 4.51. The molecule has 0 spiro atoms. The van der Waals surface area contributed by atoms with E-state index in [0.29, 0.717) is 0 Å². The first-order valence-electron chi connectivity index (χ1n) is 6.75. The van der Waals surface area contributed by atoms with Crippen molar-refractivity contribution in [2.75, 3.05) is 24.2 Å². The number of aromatic nitrogens is 2. The second kappa shape index (κ2) is 5.79. The molecule has 0 amide bonds. The standard InChI is InChI=1S/C15H22N4S/c1-10-13(16-5)18-11(2)19-14(10)17-9-15(3,4)12-7-6-8-20-12/h6-8H,9H2,1-5H3,(H2,16,17,18,19). The molecule has 0 unspecified atom stereocenters. The molecule has 4 nitrogen and oxygen atoms in total. The van der Waals surface area contributed by atoms with Gasteiger partial charge in [-0.15, -0.1) is 11.3 Å². The highest BCUT2D eigenvalue weighted by Gasteiger charge is 2.22. The van der Waals surface area contributed by atoms with Crippen LogP contribution in [-0.2, 0) is 5.41 Å². The molecule has 108 valence electrons. The Morgan fingerprint density at radius 3 is 2.50 bits per heavy atom. The average Bonchev–Trinajstić information content (AvgIpc) is 2.94. The normalized spacial score (nSPS) is 11.4. The van der Waals surface area contributed by atoms with E-state index in [1.54, 1.807) is 11.3 Å². The lowest BCUT2D eigenvalue weighted by Gasteiger charge is -2.24. The van der Waals surface area contributed by atoms with Crippen LogP contribution < -0.4 is 10.6 Å². The van der Waals surface area contributed by atoms with Crippen molar-refractivity contribution in [1.82, 2.24) is 9.97 Å². The summed E-state index contributed by atoms with van der Waals surface area (Å²) in [4.78, 5) is 10.3. The molecule has 5 heteroatoms. The van der Waals surface area contributed by atoms with E-state index >= 15 is 0 Å². The van der Waals surface area contributed by atoms with Crippen molar-refractivity contribution in [3.05, 3.63) is 33.8 Å². The number of anilines is 2. The van der Waals surface area contributed by atoms with Crippen LogP contribution >= 0.6 is 11.3 Å². The van der Waals surface area contributed by atoms with Crippen molar-refractivity contribution in [1.29, 1.82) is 0 Å². The van der Waals surface area contributed by atoms with E-state index in [2.05, 4.69) is 52.0 Å². The number of hydrogen-bond donors (Lipinski definition) is 2. The SMILES string of the molecule is CNc1nc(C)nc(NCC(C)(C)c2cccs2)c1C. The molecule has 0 aromatic carbocycles. The van der Waals surface area contributed by atoms with E-state index in [1.165, 1.54) is 4.88 Å². The van der Waals surface area contributed by atoms with Gasteiger partial charge in [0.25, 0.3) is 0 Å². The molecule has 2 aromatic rings. The van der Waals surface area contributed by atoms with Crippen molar-refractivity contribution in [3.8, 4) is 0 Å². The number of nitrogens with one attached hydrogen (secondary N) is 2. The predicted octanol–water partition coefficient (Wildman–Crippen LogP) is 3.59. The molecule has 2 heterocycles. The lowest BCUT2D eigenvalue weighted by atomic mass is 9.91. The molecule has 2 N–H and O–H groups in total. The van der Waals surface area contributed by atoms with Crippen LogP contribution in [0.1, 0.15) is 30.1 Å². The molecular weight excluding hydrogens is 268 g/mol. The van der Waals surface area contributed by atoms with Crippen LogP contribution in [-0.4, -0.2) is 23.6 Å². The number of thiophene rings is 1. The molecule has 20 heavy (non-hydrogen) atoms. The van der Waals surface area contributed by atoms with Gasteiger partial charge in [0.15, 0.2) is 0 Å². The Labute approximate surface area is 124 Å². The summed E-state index contributed by atoms with van der Waals surface area (Å²) in [5.41, 5.74) is 1.14. The molecule has 0 radical (unpaired) electrons. The van der Waals surface area contributed by atoms with Gasteiger partial charge in [0.05, 0.1) is 0 Å². The minimum absolute atomic E-state index is 0.0826. The summed E-state index contributed by atoms with van der Waals surface area (Å²) in [6, 6.07) is 4.28. The van der Waals surface area contributed by atoms with Crippen molar-refractivity contribution < 1.29 is 0 Å². The van der Waals surface area contributed by atoms with Gasteiger partial charge in [0.1, 0.15) is 17.5 Å². The highest BCUT2D eigenvalue weighted by Crippen LogP contribution is 2.28. The Hall–Kier alpha value is -1.62. The fourth-order valence-corrected chi connectivity index (χ4v) is 2.95. The van der Waals surface area contributed by atoms with Crippen molar-refractivity contribution >= 4 is 23.0 Å². The lowest BCUT2D eigenvalue weighted by molar-refractivity contribution is 0.568. The first-order chi connectivity index (χ1) is 9.44. The summed E-state index contributed by atoms with van der Waals surface area (Å²) < 4.78 is 0. The van der Waals surface area contributed by atoms with Gasteiger partial charge in [-0.25, -0.2) is 9.97 Å². The molecule has 0 aliphatic carbocycles. The molecule has 2 rings (SSSR count). The van der Waals surface area contributed by atoms with Crippen LogP contribution in [0.4, 0.5) is 11.6 Å². The second-order valence-corrected chi connectivity index (χ2v) is 6.51. The average molecular weight is 290 g/mol. The van der Waals surface area contributed by atoms with E-state index in [-0.39, 0.29) is 5.41 Å². The van der Waals surface area contributed by atoms with E-state index < -0.39 is 0 Å². The van der Waals surface area contributed by atoms with Crippen LogP contribution in [0.25, 0.3) is 0 Å². The molecule has 0 saturated carbocycles. The Morgan fingerprint density at radius 1 is 1.20 bits per heavy atom. The third-order valence-electron chi connectivity index (χ3n) is 3.38. The first-order valence-corrected chi connectivity index (χ1v) is 7.63. The number of aryl methyl sites for hydroxylation is 1. The fraction of sp³-hybridized carbons (Fsp3) is 0.467. The first kappa shape index (κ1) is 14.8. The van der Waals surface area contributed by atoms with Crippen molar-refractivity contribution in [3.63, 3.8) is 0 Å². The van der Waals surface area contributed by atoms with Gasteiger partial charge >= 0.3 is 0 Å². The minimum Gasteiger partial charge on any atom is -0.373 e. The quantitative estimate of drug-likeness (QED) is 0.883. The van der Waals surface area contributed by atoms with E-state index in [4.69, 9.17) is 0 Å². The molecule has 0 fully saturated rings. The van der Waals surface area contributed by atoms with Gasteiger partial charge in [-0.05, 0) is 25.3 Å². The maximum Gasteiger partial charge on any atom is 0.134 e. The zero-order valence-electron chi connectivity index (χ0n) is 12.7. The zero-order valence-corrected chi connectivity index (χ0v) is 13.6. The topological polar surface area (TPSA) is 49.8 Å². The molecule has 2 aromatic heterocycles. The van der Waals surface area contributed by atoms with Crippen LogP contribution in [0, 0.1) is 13.8 Å². The number of hydrogen-bond acceptors (Lipinski definition) is 5. The number of nitrogens with zero attached hydrogens (tertiary/aromatic N) is 2. The summed E-state index contributed by atoms with van der Waals surface area (Å²) in [6.45, 7) is 9.28. The largest absolute Gasteiger partial charge is 0.373 e. The van der Waals surface area contributed by atoms with Crippen LogP contribution in [0.2, 0.25) is 0 Å². The van der Waals surface area contributed by atoms with Crippen molar-refractivity contribution in [2.24, 2.45) is 0 Å². The third-order valence-corrected chi connectivity index (χ3v) is 4.62. The molecule has 0 saturated heterocycles. The van der Waals surface area contributed by atoms with E-state index in [1.807, 2.05) is 20.9 Å². The van der Waals surface area contributed by atoms with Gasteiger partial charge < -0.3 is 10.6 Å².